The molecule has 2 aliphatic carbocycles. The van der Waals surface area contributed by atoms with E-state index < -0.39 is 6.10 Å². The third-order valence-corrected chi connectivity index (χ3v) is 7.45. The number of rotatable bonds is 12. The number of hydrogen-bond donors (Lipinski definition) is 2. The Balaban J connectivity index is 1.82. The molecule has 0 aromatic rings. The molecule has 0 heterocycles. The standard InChI is InChI=1S/C24H39ClO4/c1-3-14-24(15-9-16-24)22(27)12-8-11-19-18(20(25)17-21(19)26)10-6-4-5-7-13-23(28)29-2/h4,6,8,11,18-22,26-27H,3,5,7,9-10,12-17H2,1-2H3/b6-4-,11-8+/t18-,19-,20-,21-,22?/m1/s1. The molecule has 2 N–H and O–H groups in total. The van der Waals surface area contributed by atoms with Crippen LogP contribution < -0.4 is 0 Å². The molecule has 29 heavy (non-hydrogen) atoms. The van der Waals surface area contributed by atoms with Crippen LogP contribution in [0.25, 0.3) is 0 Å². The van der Waals surface area contributed by atoms with Crippen LogP contribution in [0.2, 0.25) is 0 Å². The van der Waals surface area contributed by atoms with Crippen LogP contribution in [-0.4, -0.2) is 40.9 Å². The van der Waals surface area contributed by atoms with Gasteiger partial charge < -0.3 is 14.9 Å². The van der Waals surface area contributed by atoms with Gasteiger partial charge in [0, 0.05) is 17.7 Å². The van der Waals surface area contributed by atoms with Crippen molar-refractivity contribution in [2.75, 3.05) is 7.11 Å². The maximum Gasteiger partial charge on any atom is 0.305 e. The van der Waals surface area contributed by atoms with Gasteiger partial charge in [0.2, 0.25) is 0 Å². The van der Waals surface area contributed by atoms with Gasteiger partial charge in [-0.25, -0.2) is 0 Å². The van der Waals surface area contributed by atoms with Crippen molar-refractivity contribution in [2.45, 2.75) is 95.1 Å². The van der Waals surface area contributed by atoms with Gasteiger partial charge in [-0.3, -0.25) is 4.79 Å². The molecule has 5 atom stereocenters. The quantitative estimate of drug-likeness (QED) is 0.196. The zero-order chi connectivity index (χ0) is 21.3. The molecule has 0 aromatic heterocycles. The monoisotopic (exact) mass is 426 g/mol. The number of carbonyl (C=O) groups is 1. The molecule has 2 rings (SSSR count). The van der Waals surface area contributed by atoms with E-state index in [4.69, 9.17) is 11.6 Å². The summed E-state index contributed by atoms with van der Waals surface area (Å²) in [5, 5.41) is 21.1. The van der Waals surface area contributed by atoms with Gasteiger partial charge in [-0.05, 0) is 62.7 Å². The summed E-state index contributed by atoms with van der Waals surface area (Å²) in [6.45, 7) is 2.19. The molecular weight excluding hydrogens is 388 g/mol. The van der Waals surface area contributed by atoms with Crippen molar-refractivity contribution in [3.05, 3.63) is 24.3 Å². The average Bonchev–Trinajstić information content (AvgIpc) is 2.93. The molecular formula is C24H39ClO4. The first-order chi connectivity index (χ1) is 13.9. The topological polar surface area (TPSA) is 66.8 Å². The second-order valence-corrected chi connectivity index (χ2v) is 9.44. The third-order valence-electron chi connectivity index (χ3n) is 6.95. The zero-order valence-electron chi connectivity index (χ0n) is 18.1. The van der Waals surface area contributed by atoms with Gasteiger partial charge in [0.15, 0.2) is 0 Å². The van der Waals surface area contributed by atoms with Gasteiger partial charge in [0.1, 0.15) is 0 Å². The molecule has 0 amide bonds. The summed E-state index contributed by atoms with van der Waals surface area (Å²) in [6.07, 6.45) is 17.5. The number of allylic oxidation sites excluding steroid dienone is 2. The summed E-state index contributed by atoms with van der Waals surface area (Å²) in [5.74, 6) is 0.0614. The summed E-state index contributed by atoms with van der Waals surface area (Å²) >= 11 is 6.52. The maximum atomic E-state index is 11.1. The molecule has 4 nitrogen and oxygen atoms in total. The van der Waals surface area contributed by atoms with E-state index in [0.29, 0.717) is 19.3 Å². The lowest BCUT2D eigenvalue weighted by Crippen LogP contribution is -2.41. The van der Waals surface area contributed by atoms with Gasteiger partial charge in [-0.1, -0.05) is 44.1 Å². The zero-order valence-corrected chi connectivity index (χ0v) is 18.8. The van der Waals surface area contributed by atoms with Crippen molar-refractivity contribution in [1.29, 1.82) is 0 Å². The van der Waals surface area contributed by atoms with Gasteiger partial charge in [0.25, 0.3) is 0 Å². The lowest BCUT2D eigenvalue weighted by Gasteiger charge is -2.45. The Morgan fingerprint density at radius 1 is 1.31 bits per heavy atom. The van der Waals surface area contributed by atoms with Crippen LogP contribution in [0, 0.1) is 17.3 Å². The normalized spacial score (nSPS) is 30.0. The number of ether oxygens (including phenoxy) is 1. The van der Waals surface area contributed by atoms with E-state index in [2.05, 4.69) is 36.0 Å². The summed E-state index contributed by atoms with van der Waals surface area (Å²) in [6, 6.07) is 0. The van der Waals surface area contributed by atoms with E-state index in [-0.39, 0.29) is 34.7 Å². The van der Waals surface area contributed by atoms with Crippen LogP contribution in [0.1, 0.15) is 77.6 Å². The minimum absolute atomic E-state index is 0.0351. The van der Waals surface area contributed by atoms with Gasteiger partial charge in [-0.2, -0.15) is 0 Å². The molecule has 5 heteroatoms. The number of aliphatic hydroxyl groups excluding tert-OH is 2. The molecule has 0 aromatic carbocycles. The molecule has 166 valence electrons. The predicted octanol–water partition coefficient (Wildman–Crippen LogP) is 5.16. The predicted molar refractivity (Wildman–Crippen MR) is 118 cm³/mol. The Labute approximate surface area is 181 Å². The largest absolute Gasteiger partial charge is 0.469 e. The smallest absolute Gasteiger partial charge is 0.305 e. The summed E-state index contributed by atoms with van der Waals surface area (Å²) in [5.41, 5.74) is 0.120. The molecule has 0 bridgehead atoms. The molecule has 0 saturated heterocycles. The SMILES string of the molecule is CCCC1(C(O)C/C=C/[C@@H]2[C@@H](C/C=C\CCCC(=O)OC)[C@H](Cl)C[C@H]2O)CCC1. The van der Waals surface area contributed by atoms with Gasteiger partial charge in [-0.15, -0.1) is 11.6 Å². The van der Waals surface area contributed by atoms with Crippen molar-refractivity contribution >= 4 is 17.6 Å². The number of carbonyl (C=O) groups excluding carboxylic acids is 1. The van der Waals surface area contributed by atoms with Crippen LogP contribution in [0.5, 0.6) is 0 Å². The van der Waals surface area contributed by atoms with Crippen LogP contribution in [-0.2, 0) is 9.53 Å². The molecule has 0 spiro atoms. The maximum absolute atomic E-state index is 11.1. The highest BCUT2D eigenvalue weighted by Crippen LogP contribution is 2.48. The van der Waals surface area contributed by atoms with Crippen molar-refractivity contribution in [3.63, 3.8) is 0 Å². The fourth-order valence-electron chi connectivity index (χ4n) is 5.00. The van der Waals surface area contributed by atoms with E-state index in [1.54, 1.807) is 0 Å². The average molecular weight is 427 g/mol. The van der Waals surface area contributed by atoms with E-state index in [1.807, 2.05) is 0 Å². The van der Waals surface area contributed by atoms with Crippen molar-refractivity contribution in [2.24, 2.45) is 17.3 Å². The lowest BCUT2D eigenvalue weighted by atomic mass is 9.62. The number of halogens is 1. The van der Waals surface area contributed by atoms with E-state index in [0.717, 1.165) is 44.9 Å². The fourth-order valence-corrected chi connectivity index (χ4v) is 5.45. The Morgan fingerprint density at radius 3 is 2.69 bits per heavy atom. The van der Waals surface area contributed by atoms with Gasteiger partial charge >= 0.3 is 5.97 Å². The summed E-state index contributed by atoms with van der Waals surface area (Å²) < 4.78 is 4.64. The second-order valence-electron chi connectivity index (χ2n) is 8.88. The van der Waals surface area contributed by atoms with E-state index in [9.17, 15) is 15.0 Å². The first kappa shape index (κ1) is 24.4. The summed E-state index contributed by atoms with van der Waals surface area (Å²) in [4.78, 5) is 11.1. The summed E-state index contributed by atoms with van der Waals surface area (Å²) in [7, 11) is 1.41. The molecule has 0 radical (unpaired) electrons. The molecule has 1 unspecified atom stereocenters. The molecule has 0 aliphatic heterocycles. The Morgan fingerprint density at radius 2 is 2.07 bits per heavy atom. The van der Waals surface area contributed by atoms with Crippen molar-refractivity contribution < 1.29 is 19.7 Å². The van der Waals surface area contributed by atoms with E-state index >= 15 is 0 Å². The van der Waals surface area contributed by atoms with Crippen LogP contribution in [0.15, 0.2) is 24.3 Å². The first-order valence-corrected chi connectivity index (χ1v) is 11.8. The number of alkyl halides is 1. The number of esters is 1. The Bertz CT molecular complexity index is 555. The highest BCUT2D eigenvalue weighted by molar-refractivity contribution is 6.21. The molecule has 2 fully saturated rings. The molecule has 2 aliphatic rings. The third kappa shape index (κ3) is 6.83. The first-order valence-electron chi connectivity index (χ1n) is 11.3. The number of hydrogen-bond acceptors (Lipinski definition) is 4. The lowest BCUT2D eigenvalue weighted by molar-refractivity contribution is -0.140. The fraction of sp³-hybridized carbons (Fsp3) is 0.792. The molecule has 2 saturated carbocycles. The van der Waals surface area contributed by atoms with Crippen LogP contribution >= 0.6 is 11.6 Å². The number of aliphatic hydroxyl groups is 2. The van der Waals surface area contributed by atoms with Crippen molar-refractivity contribution in [1.82, 2.24) is 0 Å². The Hall–Kier alpha value is -0.840. The number of methoxy groups -OCH3 is 1. The highest BCUT2D eigenvalue weighted by atomic mass is 35.5. The van der Waals surface area contributed by atoms with Gasteiger partial charge in [0.05, 0.1) is 19.3 Å². The van der Waals surface area contributed by atoms with Crippen LogP contribution in [0.3, 0.4) is 0 Å². The minimum atomic E-state index is -0.420. The van der Waals surface area contributed by atoms with E-state index in [1.165, 1.54) is 13.5 Å². The van der Waals surface area contributed by atoms with Crippen LogP contribution in [0.4, 0.5) is 0 Å². The minimum Gasteiger partial charge on any atom is -0.469 e. The second kappa shape index (κ2) is 12.1. The highest BCUT2D eigenvalue weighted by Gasteiger charge is 2.42. The van der Waals surface area contributed by atoms with Crippen molar-refractivity contribution in [3.8, 4) is 0 Å². The Kier molecular flexibility index (Phi) is 10.2. The number of unbranched alkanes of at least 4 members (excludes halogenated alkanes) is 1.